The number of aromatic nitrogens is 1. The number of piperidine rings is 1. The molecule has 3 rings (SSSR count). The predicted octanol–water partition coefficient (Wildman–Crippen LogP) is 2.80. The number of likely N-dealkylation sites (tertiary alicyclic amines) is 1. The third-order valence-corrected chi connectivity index (χ3v) is 4.20. The van der Waals surface area contributed by atoms with Crippen LogP contribution in [0.1, 0.15) is 12.8 Å². The third-order valence-electron chi connectivity index (χ3n) is 3.49. The van der Waals surface area contributed by atoms with Crippen molar-refractivity contribution in [2.24, 2.45) is 0 Å². The topological polar surface area (TPSA) is 65.5 Å². The number of nitrogens with one attached hydrogen (secondary N) is 1. The van der Waals surface area contributed by atoms with Gasteiger partial charge in [-0.25, -0.2) is 4.79 Å². The van der Waals surface area contributed by atoms with Crippen molar-refractivity contribution in [1.82, 2.24) is 9.27 Å². The Morgan fingerprint density at radius 3 is 2.95 bits per heavy atom. The first-order valence-corrected chi connectivity index (χ1v) is 7.76. The number of nitrogens with zero attached hydrogens (tertiary/aromatic N) is 2. The average molecular weight is 303 g/mol. The van der Waals surface area contributed by atoms with Gasteiger partial charge in [-0.15, -0.1) is 0 Å². The number of aliphatic hydroxyl groups excluding tert-OH is 1. The smallest absolute Gasteiger partial charge is 0.322 e. The number of carbonyl (C=O) groups is 1. The number of anilines is 1. The van der Waals surface area contributed by atoms with Gasteiger partial charge in [0.1, 0.15) is 5.00 Å². The minimum atomic E-state index is -0.411. The molecule has 5 nitrogen and oxygen atoms in total. The van der Waals surface area contributed by atoms with E-state index in [0.717, 1.165) is 29.1 Å². The van der Waals surface area contributed by atoms with Crippen LogP contribution >= 0.6 is 11.5 Å². The van der Waals surface area contributed by atoms with Gasteiger partial charge >= 0.3 is 6.03 Å². The Bertz CT molecular complexity index is 614. The number of hydrogen-bond acceptors (Lipinski definition) is 4. The fourth-order valence-corrected chi connectivity index (χ4v) is 3.05. The summed E-state index contributed by atoms with van der Waals surface area (Å²) in [7, 11) is 0. The Kier molecular flexibility index (Phi) is 4.17. The average Bonchev–Trinajstić information content (AvgIpc) is 2.97. The molecule has 6 heteroatoms. The number of β-amino-alcohol motifs (C(OH)–C–C–N with tert-alkyl or cyclic N) is 1. The van der Waals surface area contributed by atoms with E-state index in [1.807, 2.05) is 36.4 Å². The first-order valence-electron chi connectivity index (χ1n) is 6.98. The zero-order valence-corrected chi connectivity index (χ0v) is 12.3. The van der Waals surface area contributed by atoms with E-state index in [0.29, 0.717) is 13.1 Å². The van der Waals surface area contributed by atoms with Crippen LogP contribution in [-0.4, -0.2) is 39.6 Å². The Hall–Kier alpha value is -1.92. The maximum absolute atomic E-state index is 12.1. The molecule has 0 spiro atoms. The number of carbonyl (C=O) groups excluding carboxylic acids is 1. The van der Waals surface area contributed by atoms with Gasteiger partial charge in [-0.1, -0.05) is 30.3 Å². The van der Waals surface area contributed by atoms with Crippen LogP contribution in [0.25, 0.3) is 11.3 Å². The Labute approximate surface area is 127 Å². The second kappa shape index (κ2) is 6.24. The van der Waals surface area contributed by atoms with Crippen molar-refractivity contribution in [3.05, 3.63) is 36.4 Å². The highest BCUT2D eigenvalue weighted by atomic mass is 32.1. The predicted molar refractivity (Wildman–Crippen MR) is 83.4 cm³/mol. The fraction of sp³-hybridized carbons (Fsp3) is 0.333. The maximum Gasteiger partial charge on any atom is 0.322 e. The molecule has 2 amide bonds. The summed E-state index contributed by atoms with van der Waals surface area (Å²) in [5.74, 6) is 0. The highest BCUT2D eigenvalue weighted by Gasteiger charge is 2.22. The Morgan fingerprint density at radius 1 is 1.38 bits per heavy atom. The van der Waals surface area contributed by atoms with Crippen molar-refractivity contribution < 1.29 is 9.90 Å². The number of hydrogen-bond donors (Lipinski definition) is 2. The molecule has 2 aromatic rings. The van der Waals surface area contributed by atoms with Crippen molar-refractivity contribution in [2.75, 3.05) is 18.4 Å². The van der Waals surface area contributed by atoms with Crippen LogP contribution < -0.4 is 5.32 Å². The molecule has 0 aliphatic carbocycles. The van der Waals surface area contributed by atoms with Gasteiger partial charge in [-0.05, 0) is 24.4 Å². The van der Waals surface area contributed by atoms with Crippen molar-refractivity contribution in [3.63, 3.8) is 0 Å². The molecule has 1 aromatic carbocycles. The molecule has 1 saturated heterocycles. The normalized spacial score (nSPS) is 18.5. The first kappa shape index (κ1) is 14.0. The van der Waals surface area contributed by atoms with Crippen LogP contribution in [0.15, 0.2) is 36.4 Å². The summed E-state index contributed by atoms with van der Waals surface area (Å²) in [5.41, 5.74) is 1.89. The number of urea groups is 1. The van der Waals surface area contributed by atoms with Gasteiger partial charge in [0.25, 0.3) is 0 Å². The lowest BCUT2D eigenvalue weighted by molar-refractivity contribution is 0.0883. The SMILES string of the molecule is O=C(Nc1cc(-c2ccccc2)ns1)N1CCCC(O)C1. The van der Waals surface area contributed by atoms with Crippen molar-refractivity contribution >= 4 is 22.6 Å². The number of benzene rings is 1. The minimum absolute atomic E-state index is 0.169. The molecule has 1 unspecified atom stereocenters. The summed E-state index contributed by atoms with van der Waals surface area (Å²) < 4.78 is 4.36. The highest BCUT2D eigenvalue weighted by molar-refractivity contribution is 7.10. The van der Waals surface area contributed by atoms with E-state index in [4.69, 9.17) is 0 Å². The summed E-state index contributed by atoms with van der Waals surface area (Å²) >= 11 is 1.27. The van der Waals surface area contributed by atoms with Gasteiger partial charge in [0.05, 0.1) is 11.8 Å². The molecule has 0 bridgehead atoms. The van der Waals surface area contributed by atoms with Gasteiger partial charge in [0.2, 0.25) is 0 Å². The van der Waals surface area contributed by atoms with Gasteiger partial charge in [-0.2, -0.15) is 4.37 Å². The molecule has 1 atom stereocenters. The van der Waals surface area contributed by atoms with E-state index < -0.39 is 6.10 Å². The summed E-state index contributed by atoms with van der Waals surface area (Å²) in [6.45, 7) is 1.09. The van der Waals surface area contributed by atoms with Crippen molar-refractivity contribution in [2.45, 2.75) is 18.9 Å². The molecule has 1 aliphatic rings. The molecule has 1 fully saturated rings. The molecule has 0 saturated carbocycles. The van der Waals surface area contributed by atoms with E-state index >= 15 is 0 Å². The minimum Gasteiger partial charge on any atom is -0.391 e. The van der Waals surface area contributed by atoms with E-state index in [-0.39, 0.29) is 6.03 Å². The highest BCUT2D eigenvalue weighted by Crippen LogP contribution is 2.25. The first-order chi connectivity index (χ1) is 10.2. The second-order valence-corrected chi connectivity index (χ2v) is 5.92. The van der Waals surface area contributed by atoms with Crippen LogP contribution in [0.4, 0.5) is 9.80 Å². The lowest BCUT2D eigenvalue weighted by Crippen LogP contribution is -2.44. The quantitative estimate of drug-likeness (QED) is 0.896. The standard InChI is InChI=1S/C15H17N3O2S/c19-12-7-4-8-18(10-12)15(20)16-14-9-13(17-21-14)11-5-2-1-3-6-11/h1-3,5-6,9,12,19H,4,7-8,10H2,(H,16,20). The zero-order valence-electron chi connectivity index (χ0n) is 11.5. The van der Waals surface area contributed by atoms with Crippen LogP contribution in [0.2, 0.25) is 0 Å². The third kappa shape index (κ3) is 3.40. The van der Waals surface area contributed by atoms with Crippen LogP contribution in [0, 0.1) is 0 Å². The number of amides is 2. The molecule has 1 aliphatic heterocycles. The second-order valence-electron chi connectivity index (χ2n) is 5.11. The molecule has 110 valence electrons. The molecular weight excluding hydrogens is 286 g/mol. The monoisotopic (exact) mass is 303 g/mol. The lowest BCUT2D eigenvalue weighted by atomic mass is 10.1. The van der Waals surface area contributed by atoms with Crippen LogP contribution in [0.5, 0.6) is 0 Å². The molecular formula is C15H17N3O2S. The molecule has 2 N–H and O–H groups in total. The number of aliphatic hydroxyl groups is 1. The van der Waals surface area contributed by atoms with Crippen LogP contribution in [-0.2, 0) is 0 Å². The summed E-state index contributed by atoms with van der Waals surface area (Å²) in [4.78, 5) is 13.8. The fourth-order valence-electron chi connectivity index (χ4n) is 2.40. The number of rotatable bonds is 2. The summed E-state index contributed by atoms with van der Waals surface area (Å²) in [5, 5.41) is 13.2. The Morgan fingerprint density at radius 2 is 2.19 bits per heavy atom. The largest absolute Gasteiger partial charge is 0.391 e. The lowest BCUT2D eigenvalue weighted by Gasteiger charge is -2.29. The Balaban J connectivity index is 1.66. The van der Waals surface area contributed by atoms with Gasteiger partial charge in [0, 0.05) is 24.7 Å². The van der Waals surface area contributed by atoms with Crippen molar-refractivity contribution in [3.8, 4) is 11.3 Å². The maximum atomic E-state index is 12.1. The van der Waals surface area contributed by atoms with E-state index in [2.05, 4.69) is 9.69 Å². The van der Waals surface area contributed by atoms with Gasteiger partial charge in [0.15, 0.2) is 0 Å². The van der Waals surface area contributed by atoms with Gasteiger partial charge < -0.3 is 10.0 Å². The van der Waals surface area contributed by atoms with Crippen molar-refractivity contribution in [1.29, 1.82) is 0 Å². The summed E-state index contributed by atoms with van der Waals surface area (Å²) in [6, 6.07) is 11.6. The van der Waals surface area contributed by atoms with Crippen LogP contribution in [0.3, 0.4) is 0 Å². The summed E-state index contributed by atoms with van der Waals surface area (Å²) in [6.07, 6.45) is 1.19. The molecule has 21 heavy (non-hydrogen) atoms. The van der Waals surface area contributed by atoms with E-state index in [1.54, 1.807) is 4.90 Å². The molecule has 0 radical (unpaired) electrons. The van der Waals surface area contributed by atoms with Gasteiger partial charge in [-0.3, -0.25) is 5.32 Å². The van der Waals surface area contributed by atoms with E-state index in [1.165, 1.54) is 11.5 Å². The van der Waals surface area contributed by atoms with E-state index in [9.17, 15) is 9.90 Å². The zero-order chi connectivity index (χ0) is 14.7. The molecule has 1 aromatic heterocycles. The molecule has 2 heterocycles.